The average Bonchev–Trinajstić information content (AvgIpc) is 3.06. The number of ether oxygens (including phenoxy) is 1. The van der Waals surface area contributed by atoms with Gasteiger partial charge in [-0.15, -0.1) is 0 Å². The first-order chi connectivity index (χ1) is 14.3. The van der Waals surface area contributed by atoms with E-state index < -0.39 is 0 Å². The number of hydrogen-bond donors (Lipinski definition) is 2. The maximum Gasteiger partial charge on any atom is 0.247 e. The van der Waals surface area contributed by atoms with Crippen LogP contribution in [0.4, 0.5) is 5.69 Å². The van der Waals surface area contributed by atoms with Gasteiger partial charge in [-0.2, -0.15) is 0 Å². The van der Waals surface area contributed by atoms with Crippen LogP contribution in [-0.2, 0) is 4.79 Å². The van der Waals surface area contributed by atoms with Crippen molar-refractivity contribution in [3.8, 4) is 16.9 Å². The first kappa shape index (κ1) is 23.2. The second-order valence-electron chi connectivity index (χ2n) is 7.52. The Morgan fingerprint density at radius 2 is 1.97 bits per heavy atom. The molecule has 0 atom stereocenters. The molecule has 160 valence electrons. The molecule has 0 aliphatic carbocycles. The molecular formula is C25H33N3O2. The number of anilines is 1. The Labute approximate surface area is 179 Å². The van der Waals surface area contributed by atoms with Gasteiger partial charge in [-0.3, -0.25) is 4.79 Å². The van der Waals surface area contributed by atoms with Crippen LogP contribution in [0, 0.1) is 26.7 Å². The van der Waals surface area contributed by atoms with E-state index in [0.717, 1.165) is 50.4 Å². The Balaban J connectivity index is 0.00000155. The highest BCUT2D eigenvalue weighted by atomic mass is 16.5. The Hall–Kier alpha value is -3.08. The van der Waals surface area contributed by atoms with E-state index in [0.29, 0.717) is 12.5 Å². The zero-order valence-electron chi connectivity index (χ0n) is 19.1. The molecule has 0 radical (unpaired) electrons. The van der Waals surface area contributed by atoms with Gasteiger partial charge in [0.25, 0.3) is 0 Å². The number of carbonyl (C=O) groups is 1. The van der Waals surface area contributed by atoms with E-state index in [1.165, 1.54) is 6.08 Å². The average molecular weight is 408 g/mol. The highest BCUT2D eigenvalue weighted by Gasteiger charge is 2.17. The predicted octanol–water partition coefficient (Wildman–Crippen LogP) is 6.34. The topological polar surface area (TPSA) is 67.0 Å². The van der Waals surface area contributed by atoms with E-state index in [2.05, 4.69) is 41.8 Å². The maximum atomic E-state index is 11.9. The van der Waals surface area contributed by atoms with Gasteiger partial charge >= 0.3 is 0 Å². The number of aryl methyl sites for hydroxylation is 2. The number of nitrogens with zero attached hydrogens (tertiary/aromatic N) is 1. The monoisotopic (exact) mass is 407 g/mol. The van der Waals surface area contributed by atoms with Crippen LogP contribution in [0.15, 0.2) is 37.1 Å². The molecule has 3 aromatic rings. The second kappa shape index (κ2) is 10.1. The fraction of sp³-hybridized carbons (Fsp3) is 0.360. The number of hydrogen-bond acceptors (Lipinski definition) is 3. The number of fused-ring (bicyclic) bond motifs is 1. The van der Waals surface area contributed by atoms with Gasteiger partial charge in [-0.05, 0) is 55.5 Å². The molecule has 2 heterocycles. The van der Waals surface area contributed by atoms with Crippen LogP contribution >= 0.6 is 0 Å². The van der Waals surface area contributed by atoms with Gasteiger partial charge in [0, 0.05) is 22.3 Å². The van der Waals surface area contributed by atoms with Gasteiger partial charge in [0.15, 0.2) is 0 Å². The van der Waals surface area contributed by atoms with Crippen LogP contribution in [0.2, 0.25) is 0 Å². The van der Waals surface area contributed by atoms with Crippen LogP contribution in [0.3, 0.4) is 0 Å². The van der Waals surface area contributed by atoms with E-state index in [-0.39, 0.29) is 5.91 Å². The van der Waals surface area contributed by atoms with E-state index in [1.807, 2.05) is 46.8 Å². The summed E-state index contributed by atoms with van der Waals surface area (Å²) in [6, 6.07) is 6.14. The molecule has 0 bridgehead atoms. The van der Waals surface area contributed by atoms with Crippen molar-refractivity contribution in [1.82, 2.24) is 9.97 Å². The van der Waals surface area contributed by atoms with Crippen molar-refractivity contribution in [3.63, 3.8) is 0 Å². The third-order valence-electron chi connectivity index (χ3n) is 4.77. The van der Waals surface area contributed by atoms with E-state index in [4.69, 9.17) is 4.74 Å². The van der Waals surface area contributed by atoms with Crippen LogP contribution in [0.25, 0.3) is 22.2 Å². The minimum atomic E-state index is -0.218. The van der Waals surface area contributed by atoms with Gasteiger partial charge in [0.1, 0.15) is 11.4 Å². The van der Waals surface area contributed by atoms with Gasteiger partial charge in [0.05, 0.1) is 12.8 Å². The molecular weight excluding hydrogens is 374 g/mol. The lowest BCUT2D eigenvalue weighted by Crippen LogP contribution is -2.10. The number of carbonyl (C=O) groups excluding carboxylic acids is 1. The molecule has 0 aliphatic heterocycles. The van der Waals surface area contributed by atoms with Crippen molar-refractivity contribution in [2.75, 3.05) is 11.9 Å². The maximum absolute atomic E-state index is 11.9. The summed E-state index contributed by atoms with van der Waals surface area (Å²) in [5.41, 5.74) is 6.80. The third-order valence-corrected chi connectivity index (χ3v) is 4.77. The lowest BCUT2D eigenvalue weighted by Gasteiger charge is -2.15. The molecule has 0 saturated carbocycles. The van der Waals surface area contributed by atoms with Crippen molar-refractivity contribution in [2.24, 2.45) is 5.92 Å². The summed E-state index contributed by atoms with van der Waals surface area (Å²) < 4.78 is 5.87. The summed E-state index contributed by atoms with van der Waals surface area (Å²) in [5.74, 6) is 0.981. The fourth-order valence-corrected chi connectivity index (χ4v) is 3.35. The molecule has 0 fully saturated rings. The quantitative estimate of drug-likeness (QED) is 0.468. The largest absolute Gasteiger partial charge is 0.492 e. The Morgan fingerprint density at radius 3 is 2.60 bits per heavy atom. The summed E-state index contributed by atoms with van der Waals surface area (Å²) in [6.45, 7) is 18.5. The number of pyridine rings is 1. The lowest BCUT2D eigenvalue weighted by atomic mass is 9.95. The molecule has 30 heavy (non-hydrogen) atoms. The molecule has 0 spiro atoms. The summed E-state index contributed by atoms with van der Waals surface area (Å²) in [7, 11) is 0. The van der Waals surface area contributed by atoms with E-state index in [9.17, 15) is 4.79 Å². The molecule has 5 heteroatoms. The minimum absolute atomic E-state index is 0.218. The zero-order valence-corrected chi connectivity index (χ0v) is 19.1. The van der Waals surface area contributed by atoms with Crippen molar-refractivity contribution in [2.45, 2.75) is 48.5 Å². The highest BCUT2D eigenvalue weighted by Crippen LogP contribution is 2.38. The molecule has 0 aliphatic rings. The fourth-order valence-electron chi connectivity index (χ4n) is 3.35. The van der Waals surface area contributed by atoms with Crippen molar-refractivity contribution in [3.05, 3.63) is 53.9 Å². The van der Waals surface area contributed by atoms with Gasteiger partial charge in [-0.1, -0.05) is 46.4 Å². The second-order valence-corrected chi connectivity index (χ2v) is 7.52. The molecule has 0 saturated heterocycles. The molecule has 2 aromatic heterocycles. The molecule has 2 N–H and O–H groups in total. The van der Waals surface area contributed by atoms with Crippen molar-refractivity contribution >= 4 is 22.6 Å². The third kappa shape index (κ3) is 4.90. The molecule has 5 nitrogen and oxygen atoms in total. The Kier molecular flexibility index (Phi) is 7.81. The van der Waals surface area contributed by atoms with Gasteiger partial charge in [-0.25, -0.2) is 4.98 Å². The number of nitrogens with one attached hydrogen (secondary N) is 2. The number of rotatable bonds is 6. The first-order valence-corrected chi connectivity index (χ1v) is 10.5. The first-order valence-electron chi connectivity index (χ1n) is 10.5. The number of amides is 1. The SMILES string of the molecule is C=CC(=O)Nc1c(C)ccc(-c2c(C)[nH]c3ncc(OCC(C)C)cc23)c1C.CC. The predicted molar refractivity (Wildman–Crippen MR) is 126 cm³/mol. The van der Waals surface area contributed by atoms with Crippen LogP contribution < -0.4 is 10.1 Å². The Bertz CT molecular complexity index is 1050. The highest BCUT2D eigenvalue weighted by molar-refractivity contribution is 6.02. The molecule has 3 rings (SSSR count). The van der Waals surface area contributed by atoms with Crippen molar-refractivity contribution < 1.29 is 9.53 Å². The van der Waals surface area contributed by atoms with Crippen LogP contribution in [-0.4, -0.2) is 22.5 Å². The smallest absolute Gasteiger partial charge is 0.247 e. The summed E-state index contributed by atoms with van der Waals surface area (Å²) >= 11 is 0. The zero-order chi connectivity index (χ0) is 22.4. The van der Waals surface area contributed by atoms with Crippen LogP contribution in [0.5, 0.6) is 5.75 Å². The standard InChI is InChI=1S/C23H27N3O2.C2H6/c1-7-20(27)26-22-14(4)8-9-18(15(22)5)21-16(6)25-23-19(21)10-17(11-24-23)28-12-13(2)3;1-2/h7-11,13H,1,12H2,2-6H3,(H,24,25)(H,26,27);1-2H3. The lowest BCUT2D eigenvalue weighted by molar-refractivity contribution is -0.111. The molecule has 1 amide bonds. The van der Waals surface area contributed by atoms with E-state index in [1.54, 1.807) is 6.20 Å². The number of H-pyrrole nitrogens is 1. The Morgan fingerprint density at radius 1 is 1.27 bits per heavy atom. The summed E-state index contributed by atoms with van der Waals surface area (Å²) in [5, 5.41) is 3.94. The molecule has 0 unspecified atom stereocenters. The van der Waals surface area contributed by atoms with Gasteiger partial charge < -0.3 is 15.0 Å². The minimum Gasteiger partial charge on any atom is -0.492 e. The van der Waals surface area contributed by atoms with Gasteiger partial charge in [0.2, 0.25) is 5.91 Å². The summed E-state index contributed by atoms with van der Waals surface area (Å²) in [6.07, 6.45) is 3.03. The number of aromatic nitrogens is 2. The summed E-state index contributed by atoms with van der Waals surface area (Å²) in [4.78, 5) is 19.8. The number of aromatic amines is 1. The number of benzene rings is 1. The normalized spacial score (nSPS) is 10.5. The van der Waals surface area contributed by atoms with Crippen molar-refractivity contribution in [1.29, 1.82) is 0 Å². The van der Waals surface area contributed by atoms with Crippen LogP contribution in [0.1, 0.15) is 44.5 Å². The molecule has 1 aromatic carbocycles. The van der Waals surface area contributed by atoms with E-state index >= 15 is 0 Å².